The molecule has 0 N–H and O–H groups in total. The van der Waals surface area contributed by atoms with E-state index in [2.05, 4.69) is 32.0 Å². The second-order valence-corrected chi connectivity index (χ2v) is 4.69. The van der Waals surface area contributed by atoms with E-state index in [0.717, 1.165) is 25.3 Å². The Labute approximate surface area is 107 Å². The van der Waals surface area contributed by atoms with Gasteiger partial charge in [0.15, 0.2) is 0 Å². The lowest BCUT2D eigenvalue weighted by Crippen LogP contribution is -2.21. The van der Waals surface area contributed by atoms with E-state index in [1.807, 2.05) is 18.5 Å². The summed E-state index contributed by atoms with van der Waals surface area (Å²) in [6.07, 6.45) is 9.42. The summed E-state index contributed by atoms with van der Waals surface area (Å²) in [5.74, 6) is 1.66. The molecule has 0 saturated carbocycles. The van der Waals surface area contributed by atoms with Crippen molar-refractivity contribution in [2.24, 2.45) is 5.92 Å². The van der Waals surface area contributed by atoms with Crippen LogP contribution in [0, 0.1) is 5.92 Å². The van der Waals surface area contributed by atoms with E-state index in [1.165, 1.54) is 12.1 Å². The number of pyridine rings is 1. The molecule has 1 fully saturated rings. The Morgan fingerprint density at radius 2 is 2.17 bits per heavy atom. The highest BCUT2D eigenvalue weighted by molar-refractivity contribution is 5.36. The minimum atomic E-state index is 0.668. The van der Waals surface area contributed by atoms with E-state index in [0.29, 0.717) is 5.92 Å². The van der Waals surface area contributed by atoms with E-state index in [9.17, 15) is 0 Å². The Balaban J connectivity index is 1.62. The van der Waals surface area contributed by atoms with E-state index in [-0.39, 0.29) is 0 Å². The highest BCUT2D eigenvalue weighted by atomic mass is 15.2. The smallest absolute Gasteiger partial charge is 0.147 e. The standard InChI is InChI=1S/C14H16N4/c1-2-5-16-13(3-1)9-12-4-8-18(11-12)14-10-15-6-7-17-14/h1-3,5-7,10,12H,4,8-9,11H2. The van der Waals surface area contributed by atoms with Crippen LogP contribution >= 0.6 is 0 Å². The number of anilines is 1. The fourth-order valence-corrected chi connectivity index (χ4v) is 2.48. The van der Waals surface area contributed by atoms with E-state index < -0.39 is 0 Å². The van der Waals surface area contributed by atoms with Crippen LogP contribution < -0.4 is 4.90 Å². The number of aromatic nitrogens is 3. The molecular formula is C14H16N4. The van der Waals surface area contributed by atoms with Gasteiger partial charge in [0, 0.05) is 37.4 Å². The first-order valence-electron chi connectivity index (χ1n) is 6.33. The topological polar surface area (TPSA) is 41.9 Å². The maximum atomic E-state index is 4.39. The molecule has 2 aromatic heterocycles. The Morgan fingerprint density at radius 3 is 2.94 bits per heavy atom. The Morgan fingerprint density at radius 1 is 1.17 bits per heavy atom. The molecule has 1 saturated heterocycles. The highest BCUT2D eigenvalue weighted by Crippen LogP contribution is 2.23. The first-order chi connectivity index (χ1) is 8.92. The first kappa shape index (κ1) is 11.1. The third-order valence-corrected chi connectivity index (χ3v) is 3.38. The molecule has 92 valence electrons. The third kappa shape index (κ3) is 2.47. The lowest BCUT2D eigenvalue weighted by Gasteiger charge is -2.16. The molecule has 4 heteroatoms. The maximum Gasteiger partial charge on any atom is 0.147 e. The van der Waals surface area contributed by atoms with Crippen LogP contribution in [0.5, 0.6) is 0 Å². The largest absolute Gasteiger partial charge is 0.355 e. The molecule has 0 radical (unpaired) electrons. The Hall–Kier alpha value is -1.97. The minimum Gasteiger partial charge on any atom is -0.355 e. The van der Waals surface area contributed by atoms with Crippen LogP contribution in [0.2, 0.25) is 0 Å². The van der Waals surface area contributed by atoms with Crippen LogP contribution in [0.4, 0.5) is 5.82 Å². The van der Waals surface area contributed by atoms with Gasteiger partial charge < -0.3 is 4.90 Å². The number of rotatable bonds is 3. The van der Waals surface area contributed by atoms with E-state index in [1.54, 1.807) is 12.4 Å². The number of hydrogen-bond acceptors (Lipinski definition) is 4. The number of nitrogens with zero attached hydrogens (tertiary/aromatic N) is 4. The van der Waals surface area contributed by atoms with Crippen molar-refractivity contribution in [1.29, 1.82) is 0 Å². The van der Waals surface area contributed by atoms with Crippen molar-refractivity contribution in [3.63, 3.8) is 0 Å². The zero-order valence-corrected chi connectivity index (χ0v) is 10.2. The first-order valence-corrected chi connectivity index (χ1v) is 6.33. The molecule has 0 aliphatic carbocycles. The van der Waals surface area contributed by atoms with Gasteiger partial charge in [0.05, 0.1) is 6.20 Å². The zero-order valence-electron chi connectivity index (χ0n) is 10.2. The average Bonchev–Trinajstić information content (AvgIpc) is 2.89. The van der Waals surface area contributed by atoms with Crippen molar-refractivity contribution in [1.82, 2.24) is 15.0 Å². The van der Waals surface area contributed by atoms with Crippen molar-refractivity contribution in [3.8, 4) is 0 Å². The minimum absolute atomic E-state index is 0.668. The molecule has 18 heavy (non-hydrogen) atoms. The summed E-state index contributed by atoms with van der Waals surface area (Å²) >= 11 is 0. The van der Waals surface area contributed by atoms with Gasteiger partial charge >= 0.3 is 0 Å². The SMILES string of the molecule is c1ccc(CC2CCN(c3cnccn3)C2)nc1. The lowest BCUT2D eigenvalue weighted by atomic mass is 10.0. The van der Waals surface area contributed by atoms with Gasteiger partial charge in [-0.15, -0.1) is 0 Å². The molecule has 2 aromatic rings. The van der Waals surface area contributed by atoms with Gasteiger partial charge in [-0.1, -0.05) is 6.07 Å². The molecule has 1 atom stereocenters. The molecule has 3 rings (SSSR count). The molecular weight excluding hydrogens is 224 g/mol. The van der Waals surface area contributed by atoms with Crippen LogP contribution in [0.25, 0.3) is 0 Å². The van der Waals surface area contributed by atoms with Crippen molar-refractivity contribution in [2.45, 2.75) is 12.8 Å². The van der Waals surface area contributed by atoms with Gasteiger partial charge in [0.1, 0.15) is 5.82 Å². The normalized spacial score (nSPS) is 19.1. The fraction of sp³-hybridized carbons (Fsp3) is 0.357. The fourth-order valence-electron chi connectivity index (χ4n) is 2.48. The van der Waals surface area contributed by atoms with Crippen LogP contribution in [0.1, 0.15) is 12.1 Å². The molecule has 4 nitrogen and oxygen atoms in total. The zero-order chi connectivity index (χ0) is 12.2. The van der Waals surface area contributed by atoms with Crippen molar-refractivity contribution < 1.29 is 0 Å². The summed E-state index contributed by atoms with van der Waals surface area (Å²) in [5, 5.41) is 0. The Bertz CT molecular complexity index is 486. The quantitative estimate of drug-likeness (QED) is 0.822. The molecule has 0 amide bonds. The third-order valence-electron chi connectivity index (χ3n) is 3.38. The van der Waals surface area contributed by atoms with Crippen LogP contribution in [0.15, 0.2) is 43.0 Å². The molecule has 1 aliphatic heterocycles. The van der Waals surface area contributed by atoms with E-state index in [4.69, 9.17) is 0 Å². The maximum absolute atomic E-state index is 4.39. The monoisotopic (exact) mass is 240 g/mol. The lowest BCUT2D eigenvalue weighted by molar-refractivity contribution is 0.577. The summed E-state index contributed by atoms with van der Waals surface area (Å²) < 4.78 is 0. The average molecular weight is 240 g/mol. The summed E-state index contributed by atoms with van der Waals surface area (Å²) in [6.45, 7) is 2.12. The summed E-state index contributed by atoms with van der Waals surface area (Å²) in [4.78, 5) is 15.2. The summed E-state index contributed by atoms with van der Waals surface area (Å²) in [7, 11) is 0. The van der Waals surface area contributed by atoms with Crippen LogP contribution in [-0.2, 0) is 6.42 Å². The molecule has 0 bridgehead atoms. The Kier molecular flexibility index (Phi) is 3.17. The van der Waals surface area contributed by atoms with Gasteiger partial charge in [-0.25, -0.2) is 4.98 Å². The van der Waals surface area contributed by atoms with Crippen molar-refractivity contribution >= 4 is 5.82 Å². The van der Waals surface area contributed by atoms with Crippen LogP contribution in [0.3, 0.4) is 0 Å². The highest BCUT2D eigenvalue weighted by Gasteiger charge is 2.23. The second-order valence-electron chi connectivity index (χ2n) is 4.69. The van der Waals surface area contributed by atoms with Gasteiger partial charge in [-0.05, 0) is 30.9 Å². The molecule has 0 aromatic carbocycles. The van der Waals surface area contributed by atoms with E-state index >= 15 is 0 Å². The molecule has 1 aliphatic rings. The van der Waals surface area contributed by atoms with Crippen molar-refractivity contribution in [3.05, 3.63) is 48.7 Å². The summed E-state index contributed by atoms with van der Waals surface area (Å²) in [6, 6.07) is 6.12. The van der Waals surface area contributed by atoms with Gasteiger partial charge in [0.2, 0.25) is 0 Å². The van der Waals surface area contributed by atoms with Gasteiger partial charge in [-0.2, -0.15) is 0 Å². The predicted molar refractivity (Wildman–Crippen MR) is 70.3 cm³/mol. The molecule has 0 spiro atoms. The number of hydrogen-bond donors (Lipinski definition) is 0. The predicted octanol–water partition coefficient (Wildman–Crippen LogP) is 1.94. The van der Waals surface area contributed by atoms with Crippen LogP contribution in [-0.4, -0.2) is 28.0 Å². The molecule has 1 unspecified atom stereocenters. The molecule has 3 heterocycles. The van der Waals surface area contributed by atoms with Crippen molar-refractivity contribution in [2.75, 3.05) is 18.0 Å². The van der Waals surface area contributed by atoms with Gasteiger partial charge in [-0.3, -0.25) is 9.97 Å². The second kappa shape index (κ2) is 5.12. The summed E-state index contributed by atoms with van der Waals surface area (Å²) in [5.41, 5.74) is 1.18. The van der Waals surface area contributed by atoms with Gasteiger partial charge in [0.25, 0.3) is 0 Å².